The zero-order valence-electron chi connectivity index (χ0n) is 11.3. The van der Waals surface area contributed by atoms with Crippen LogP contribution in [0.1, 0.15) is 19.0 Å². The molecule has 19 heavy (non-hydrogen) atoms. The Morgan fingerprint density at radius 1 is 1.53 bits per heavy atom. The topological polar surface area (TPSA) is 45.6 Å². The highest BCUT2D eigenvalue weighted by molar-refractivity contribution is 5.20. The van der Waals surface area contributed by atoms with Gasteiger partial charge in [0, 0.05) is 25.3 Å². The monoisotopic (exact) mass is 268 g/mol. The Labute approximate surface area is 113 Å². The number of aryl methyl sites for hydroxylation is 1. The summed E-state index contributed by atoms with van der Waals surface area (Å²) in [6, 6.07) is 3.75. The minimum atomic E-state index is -1.02. The van der Waals surface area contributed by atoms with E-state index in [0.29, 0.717) is 25.3 Å². The molecule has 0 radical (unpaired) electrons. The number of hydrogen-bond donors (Lipinski definition) is 1. The van der Waals surface area contributed by atoms with E-state index in [1.807, 2.05) is 24.0 Å². The van der Waals surface area contributed by atoms with Gasteiger partial charge < -0.3 is 9.84 Å². The van der Waals surface area contributed by atoms with E-state index in [4.69, 9.17) is 9.84 Å². The number of ether oxygens (including phenoxy) is 1. The predicted molar refractivity (Wildman–Crippen MR) is 71.1 cm³/mol. The van der Waals surface area contributed by atoms with Crippen LogP contribution in [0.4, 0.5) is 4.39 Å². The van der Waals surface area contributed by atoms with Crippen molar-refractivity contribution in [3.8, 4) is 5.75 Å². The first-order valence-electron chi connectivity index (χ1n) is 6.81. The molecule has 2 rings (SSSR count). The first-order valence-corrected chi connectivity index (χ1v) is 6.81. The second-order valence-electron chi connectivity index (χ2n) is 4.82. The Kier molecular flexibility index (Phi) is 5.10. The predicted octanol–water partition coefficient (Wildman–Crippen LogP) is 1.43. The fourth-order valence-electron chi connectivity index (χ4n) is 2.29. The number of β-amino-alcohol motifs (C(OH)–C–C–N with tert-alkyl or cyclic N) is 1. The molecular formula is C14H21FN2O2. The van der Waals surface area contributed by atoms with Crippen molar-refractivity contribution in [1.82, 2.24) is 9.88 Å². The number of hydrogen-bond acceptors (Lipinski definition) is 4. The number of pyridine rings is 1. The second-order valence-corrected chi connectivity index (χ2v) is 4.82. The van der Waals surface area contributed by atoms with E-state index < -0.39 is 12.3 Å². The second kappa shape index (κ2) is 6.82. The fourth-order valence-corrected chi connectivity index (χ4v) is 2.29. The van der Waals surface area contributed by atoms with Crippen molar-refractivity contribution in [2.24, 2.45) is 0 Å². The lowest BCUT2D eigenvalue weighted by molar-refractivity contribution is 0.0166. The Morgan fingerprint density at radius 3 is 2.95 bits per heavy atom. The molecule has 106 valence electrons. The molecule has 5 heteroatoms. The zero-order chi connectivity index (χ0) is 13.7. The Bertz CT molecular complexity index is 386. The maximum Gasteiger partial charge on any atom is 0.149 e. The highest BCUT2D eigenvalue weighted by atomic mass is 19.1. The van der Waals surface area contributed by atoms with Crippen molar-refractivity contribution in [3.63, 3.8) is 0 Å². The average molecular weight is 268 g/mol. The molecule has 1 aromatic rings. The molecule has 0 spiro atoms. The molecule has 0 unspecified atom stereocenters. The highest BCUT2D eigenvalue weighted by Crippen LogP contribution is 2.20. The lowest BCUT2D eigenvalue weighted by Gasteiger charge is -2.34. The summed E-state index contributed by atoms with van der Waals surface area (Å²) >= 11 is 0. The third kappa shape index (κ3) is 3.88. The van der Waals surface area contributed by atoms with Gasteiger partial charge >= 0.3 is 0 Å². The van der Waals surface area contributed by atoms with E-state index in [2.05, 4.69) is 4.98 Å². The fraction of sp³-hybridized carbons (Fsp3) is 0.643. The molecule has 0 aromatic carbocycles. The number of rotatable bonds is 5. The number of alkyl halides is 1. The van der Waals surface area contributed by atoms with Crippen LogP contribution in [0.5, 0.6) is 5.75 Å². The molecule has 1 fully saturated rings. The van der Waals surface area contributed by atoms with E-state index in [0.717, 1.165) is 18.7 Å². The number of likely N-dealkylation sites (tertiary alicyclic amines) is 1. The molecule has 0 saturated carbocycles. The Balaban J connectivity index is 1.88. The number of aromatic nitrogens is 1. The van der Waals surface area contributed by atoms with Gasteiger partial charge in [-0.15, -0.1) is 0 Å². The van der Waals surface area contributed by atoms with Gasteiger partial charge in [0.2, 0.25) is 0 Å². The van der Waals surface area contributed by atoms with Crippen LogP contribution in [-0.2, 0) is 6.42 Å². The number of aliphatic hydroxyl groups excluding tert-OH is 1. The van der Waals surface area contributed by atoms with Crippen LogP contribution in [-0.4, -0.2) is 53.5 Å². The van der Waals surface area contributed by atoms with E-state index in [9.17, 15) is 4.39 Å². The van der Waals surface area contributed by atoms with Crippen LogP contribution in [0.25, 0.3) is 0 Å². The van der Waals surface area contributed by atoms with Gasteiger partial charge in [-0.1, -0.05) is 6.92 Å². The molecule has 0 aliphatic carbocycles. The molecule has 1 aliphatic rings. The smallest absolute Gasteiger partial charge is 0.149 e. The van der Waals surface area contributed by atoms with Gasteiger partial charge in [0.1, 0.15) is 18.0 Å². The first kappa shape index (κ1) is 14.2. The van der Waals surface area contributed by atoms with Crippen LogP contribution in [0.3, 0.4) is 0 Å². The molecule has 0 bridgehead atoms. The third-order valence-corrected chi connectivity index (χ3v) is 3.43. The van der Waals surface area contributed by atoms with Crippen LogP contribution < -0.4 is 4.74 Å². The van der Waals surface area contributed by atoms with Crippen LogP contribution in [0.15, 0.2) is 18.3 Å². The highest BCUT2D eigenvalue weighted by Gasteiger charge is 2.30. The summed E-state index contributed by atoms with van der Waals surface area (Å²) < 4.78 is 19.7. The molecule has 1 N–H and O–H groups in total. The van der Waals surface area contributed by atoms with Gasteiger partial charge in [0.25, 0.3) is 0 Å². The molecule has 1 aliphatic heterocycles. The summed E-state index contributed by atoms with van der Waals surface area (Å²) in [5, 5.41) is 8.85. The van der Waals surface area contributed by atoms with E-state index >= 15 is 0 Å². The summed E-state index contributed by atoms with van der Waals surface area (Å²) in [5.74, 6) is 0.625. The number of nitrogens with zero attached hydrogens (tertiary/aromatic N) is 2. The molecule has 2 heterocycles. The normalized spacial score (nSPS) is 24.4. The maximum atomic E-state index is 14.0. The number of piperidine rings is 1. The van der Waals surface area contributed by atoms with Gasteiger partial charge in [0.05, 0.1) is 12.8 Å². The van der Waals surface area contributed by atoms with Crippen molar-refractivity contribution in [3.05, 3.63) is 24.0 Å². The van der Waals surface area contributed by atoms with Crippen molar-refractivity contribution in [1.29, 1.82) is 0 Å². The Hall–Kier alpha value is -1.20. The maximum absolute atomic E-state index is 14.0. The van der Waals surface area contributed by atoms with Crippen molar-refractivity contribution < 1.29 is 14.2 Å². The summed E-state index contributed by atoms with van der Waals surface area (Å²) in [6.07, 6.45) is 1.74. The molecule has 0 amide bonds. The molecule has 1 saturated heterocycles. The van der Waals surface area contributed by atoms with Gasteiger partial charge in [-0.25, -0.2) is 4.39 Å². The summed E-state index contributed by atoms with van der Waals surface area (Å²) in [6.45, 7) is 3.72. The Morgan fingerprint density at radius 2 is 2.37 bits per heavy atom. The number of halogens is 1. The van der Waals surface area contributed by atoms with Gasteiger partial charge in [-0.3, -0.25) is 9.88 Å². The summed E-state index contributed by atoms with van der Waals surface area (Å²) in [7, 11) is 0. The lowest BCUT2D eigenvalue weighted by atomic mass is 10.1. The first-order chi connectivity index (χ1) is 9.22. The van der Waals surface area contributed by atoms with E-state index in [-0.39, 0.29) is 6.61 Å². The number of aliphatic hydroxyl groups is 1. The van der Waals surface area contributed by atoms with E-state index in [1.165, 1.54) is 0 Å². The minimum Gasteiger partial charge on any atom is -0.486 e. The van der Waals surface area contributed by atoms with Crippen molar-refractivity contribution in [2.45, 2.75) is 32.0 Å². The van der Waals surface area contributed by atoms with Crippen molar-refractivity contribution >= 4 is 0 Å². The van der Waals surface area contributed by atoms with Crippen LogP contribution in [0, 0.1) is 0 Å². The molecule has 4 nitrogen and oxygen atoms in total. The quantitative estimate of drug-likeness (QED) is 0.877. The van der Waals surface area contributed by atoms with Gasteiger partial charge in [0.15, 0.2) is 0 Å². The van der Waals surface area contributed by atoms with Crippen LogP contribution in [0.2, 0.25) is 0 Å². The average Bonchev–Trinajstić information content (AvgIpc) is 2.43. The molecule has 1 aromatic heterocycles. The van der Waals surface area contributed by atoms with Gasteiger partial charge in [-0.05, 0) is 25.0 Å². The summed E-state index contributed by atoms with van der Waals surface area (Å²) in [4.78, 5) is 6.16. The molecular weight excluding hydrogens is 247 g/mol. The third-order valence-electron chi connectivity index (χ3n) is 3.43. The summed E-state index contributed by atoms with van der Waals surface area (Å²) in [5.41, 5.74) is 1.00. The van der Waals surface area contributed by atoms with Crippen molar-refractivity contribution in [2.75, 3.05) is 26.2 Å². The SMILES string of the molecule is CCc1ccc(O[C@@H]2CCN(CCO)C[C@@H]2F)cn1. The van der Waals surface area contributed by atoms with Gasteiger partial charge in [-0.2, -0.15) is 0 Å². The minimum absolute atomic E-state index is 0.0701. The standard InChI is InChI=1S/C14H21FN2O2/c1-2-11-3-4-12(9-16-11)19-14-5-6-17(7-8-18)10-13(14)15/h3-4,9,13-14,18H,2,5-8,10H2,1H3/t13-,14+/m0/s1. The lowest BCUT2D eigenvalue weighted by Crippen LogP contribution is -2.47. The van der Waals surface area contributed by atoms with Crippen LogP contribution >= 0.6 is 0 Å². The zero-order valence-corrected chi connectivity index (χ0v) is 11.3. The van der Waals surface area contributed by atoms with E-state index in [1.54, 1.807) is 6.20 Å². The largest absolute Gasteiger partial charge is 0.486 e. The molecule has 2 atom stereocenters.